The van der Waals surface area contributed by atoms with Gasteiger partial charge in [-0.1, -0.05) is 19.4 Å². The minimum Gasteiger partial charge on any atom is -0.476 e. The number of hydrogen-bond donors (Lipinski definition) is 0. The number of pyridine rings is 1. The van der Waals surface area contributed by atoms with E-state index in [0.717, 1.165) is 24.8 Å². The number of aromatic nitrogens is 2. The predicted molar refractivity (Wildman–Crippen MR) is 61.0 cm³/mol. The molecule has 2 aromatic heterocycles. The molecule has 16 heavy (non-hydrogen) atoms. The predicted octanol–water partition coefficient (Wildman–Crippen LogP) is 2.33. The van der Waals surface area contributed by atoms with E-state index < -0.39 is 0 Å². The highest BCUT2D eigenvalue weighted by atomic mass is 16.5. The van der Waals surface area contributed by atoms with Crippen molar-refractivity contribution in [1.29, 1.82) is 0 Å². The molecular formula is C12H14N2O2. The summed E-state index contributed by atoms with van der Waals surface area (Å²) < 4.78 is 7.22. The van der Waals surface area contributed by atoms with E-state index in [1.54, 1.807) is 10.6 Å². The highest BCUT2D eigenvalue weighted by Gasteiger charge is 2.11. The lowest BCUT2D eigenvalue weighted by atomic mass is 10.4. The molecule has 0 atom stereocenters. The maximum atomic E-state index is 11.0. The van der Waals surface area contributed by atoms with Gasteiger partial charge >= 0.3 is 0 Å². The third-order valence-electron chi connectivity index (χ3n) is 2.38. The van der Waals surface area contributed by atoms with Crippen LogP contribution in [-0.2, 0) is 0 Å². The molecule has 2 heterocycles. The number of hydrogen-bond acceptors (Lipinski definition) is 3. The number of rotatable bonds is 5. The second kappa shape index (κ2) is 4.79. The van der Waals surface area contributed by atoms with Crippen molar-refractivity contribution in [3.63, 3.8) is 0 Å². The summed E-state index contributed by atoms with van der Waals surface area (Å²) in [7, 11) is 0. The van der Waals surface area contributed by atoms with Crippen molar-refractivity contribution in [2.75, 3.05) is 6.61 Å². The first kappa shape index (κ1) is 10.7. The quantitative estimate of drug-likeness (QED) is 0.571. The summed E-state index contributed by atoms with van der Waals surface area (Å²) in [5.74, 6) is 0.426. The number of unbranched alkanes of at least 4 members (excludes halogenated alkanes) is 1. The van der Waals surface area contributed by atoms with Crippen LogP contribution in [0.5, 0.6) is 5.88 Å². The summed E-state index contributed by atoms with van der Waals surface area (Å²) in [6.07, 6.45) is 4.61. The lowest BCUT2D eigenvalue weighted by Gasteiger charge is -2.01. The Kier molecular flexibility index (Phi) is 3.19. The van der Waals surface area contributed by atoms with Gasteiger partial charge in [0.05, 0.1) is 6.61 Å². The fraction of sp³-hybridized carbons (Fsp3) is 0.333. The summed E-state index contributed by atoms with van der Waals surface area (Å²) in [5, 5.41) is 0. The SMILES string of the molecule is CCCCOc1nc2ccccn2c1C=O. The lowest BCUT2D eigenvalue weighted by molar-refractivity contribution is 0.111. The molecule has 0 spiro atoms. The van der Waals surface area contributed by atoms with Crippen molar-refractivity contribution in [1.82, 2.24) is 9.38 Å². The first-order valence-corrected chi connectivity index (χ1v) is 5.42. The number of nitrogens with zero attached hydrogens (tertiary/aromatic N) is 2. The van der Waals surface area contributed by atoms with Crippen LogP contribution >= 0.6 is 0 Å². The van der Waals surface area contributed by atoms with Crippen LogP contribution in [0.25, 0.3) is 5.65 Å². The molecule has 0 saturated carbocycles. The maximum Gasteiger partial charge on any atom is 0.243 e. The highest BCUT2D eigenvalue weighted by Crippen LogP contribution is 2.18. The molecule has 0 amide bonds. The molecular weight excluding hydrogens is 204 g/mol. The van der Waals surface area contributed by atoms with Crippen LogP contribution < -0.4 is 4.74 Å². The standard InChI is InChI=1S/C12H14N2O2/c1-2-3-8-16-12-10(9-15)14-7-5-4-6-11(14)13-12/h4-7,9H,2-3,8H2,1H3. The molecule has 0 aliphatic carbocycles. The molecule has 0 aliphatic rings. The van der Waals surface area contributed by atoms with E-state index >= 15 is 0 Å². The second-order valence-corrected chi connectivity index (χ2v) is 3.55. The average Bonchev–Trinajstić information content (AvgIpc) is 2.67. The number of aldehydes is 1. The molecule has 0 bridgehead atoms. The van der Waals surface area contributed by atoms with Crippen LogP contribution in [0, 0.1) is 0 Å². The van der Waals surface area contributed by atoms with Gasteiger partial charge < -0.3 is 4.74 Å². The molecule has 0 saturated heterocycles. The lowest BCUT2D eigenvalue weighted by Crippen LogP contribution is -1.99. The van der Waals surface area contributed by atoms with E-state index in [1.807, 2.05) is 18.2 Å². The van der Waals surface area contributed by atoms with Gasteiger partial charge in [-0.25, -0.2) is 0 Å². The van der Waals surface area contributed by atoms with Crippen molar-refractivity contribution in [2.24, 2.45) is 0 Å². The fourth-order valence-corrected chi connectivity index (χ4v) is 1.52. The first-order valence-electron chi connectivity index (χ1n) is 5.42. The van der Waals surface area contributed by atoms with Crippen molar-refractivity contribution >= 4 is 11.9 Å². The Morgan fingerprint density at radius 1 is 1.50 bits per heavy atom. The van der Waals surface area contributed by atoms with Crippen LogP contribution in [0.15, 0.2) is 24.4 Å². The Bertz CT molecular complexity index is 491. The Labute approximate surface area is 93.9 Å². The third-order valence-corrected chi connectivity index (χ3v) is 2.38. The molecule has 0 fully saturated rings. The van der Waals surface area contributed by atoms with Gasteiger partial charge in [-0.3, -0.25) is 9.20 Å². The molecule has 2 aromatic rings. The normalized spacial score (nSPS) is 10.6. The van der Waals surface area contributed by atoms with Gasteiger partial charge in [0, 0.05) is 6.20 Å². The van der Waals surface area contributed by atoms with Gasteiger partial charge in [-0.2, -0.15) is 4.98 Å². The third kappa shape index (κ3) is 1.91. The Balaban J connectivity index is 2.33. The Morgan fingerprint density at radius 3 is 3.12 bits per heavy atom. The smallest absolute Gasteiger partial charge is 0.243 e. The minimum absolute atomic E-state index is 0.426. The van der Waals surface area contributed by atoms with E-state index in [0.29, 0.717) is 18.2 Å². The van der Waals surface area contributed by atoms with Gasteiger partial charge in [0.2, 0.25) is 5.88 Å². The number of fused-ring (bicyclic) bond motifs is 1. The summed E-state index contributed by atoms with van der Waals surface area (Å²) in [6, 6.07) is 5.59. The van der Waals surface area contributed by atoms with Crippen molar-refractivity contribution in [3.05, 3.63) is 30.1 Å². The van der Waals surface area contributed by atoms with Crippen molar-refractivity contribution in [3.8, 4) is 5.88 Å². The van der Waals surface area contributed by atoms with Crippen molar-refractivity contribution in [2.45, 2.75) is 19.8 Å². The molecule has 84 valence electrons. The molecule has 0 aliphatic heterocycles. The van der Waals surface area contributed by atoms with Gasteiger partial charge in [0.25, 0.3) is 0 Å². The van der Waals surface area contributed by atoms with Crippen LogP contribution in [0.2, 0.25) is 0 Å². The molecule has 4 nitrogen and oxygen atoms in total. The monoisotopic (exact) mass is 218 g/mol. The number of ether oxygens (including phenoxy) is 1. The van der Waals surface area contributed by atoms with Gasteiger partial charge in [-0.15, -0.1) is 0 Å². The fourth-order valence-electron chi connectivity index (χ4n) is 1.52. The summed E-state index contributed by atoms with van der Waals surface area (Å²) in [6.45, 7) is 2.69. The molecule has 4 heteroatoms. The molecule has 0 aromatic carbocycles. The van der Waals surface area contributed by atoms with Crippen LogP contribution in [-0.4, -0.2) is 22.3 Å². The molecule has 0 radical (unpaired) electrons. The van der Waals surface area contributed by atoms with Gasteiger partial charge in [-0.05, 0) is 18.6 Å². The zero-order valence-corrected chi connectivity index (χ0v) is 9.22. The van der Waals surface area contributed by atoms with Crippen molar-refractivity contribution < 1.29 is 9.53 Å². The summed E-state index contributed by atoms with van der Waals surface area (Å²) >= 11 is 0. The zero-order chi connectivity index (χ0) is 11.4. The highest BCUT2D eigenvalue weighted by molar-refractivity contribution is 5.78. The average molecular weight is 218 g/mol. The molecule has 2 rings (SSSR count). The molecule has 0 unspecified atom stereocenters. The summed E-state index contributed by atoms with van der Waals surface area (Å²) in [4.78, 5) is 15.3. The van der Waals surface area contributed by atoms with E-state index in [4.69, 9.17) is 4.74 Å². The van der Waals surface area contributed by atoms with E-state index in [2.05, 4.69) is 11.9 Å². The minimum atomic E-state index is 0.426. The van der Waals surface area contributed by atoms with Gasteiger partial charge in [0.15, 0.2) is 6.29 Å². The number of imidazole rings is 1. The Morgan fingerprint density at radius 2 is 2.38 bits per heavy atom. The van der Waals surface area contributed by atoms with Crippen LogP contribution in [0.4, 0.5) is 0 Å². The number of carbonyl (C=O) groups is 1. The van der Waals surface area contributed by atoms with E-state index in [1.165, 1.54) is 0 Å². The topological polar surface area (TPSA) is 43.6 Å². The summed E-state index contributed by atoms with van der Waals surface area (Å²) in [5.41, 5.74) is 1.21. The maximum absolute atomic E-state index is 11.0. The zero-order valence-electron chi connectivity index (χ0n) is 9.22. The first-order chi connectivity index (χ1) is 7.86. The van der Waals surface area contributed by atoms with E-state index in [9.17, 15) is 4.79 Å². The second-order valence-electron chi connectivity index (χ2n) is 3.55. The van der Waals surface area contributed by atoms with Crippen LogP contribution in [0.3, 0.4) is 0 Å². The van der Waals surface area contributed by atoms with E-state index in [-0.39, 0.29) is 0 Å². The van der Waals surface area contributed by atoms with Crippen LogP contribution in [0.1, 0.15) is 30.3 Å². The number of carbonyl (C=O) groups excluding carboxylic acids is 1. The van der Waals surface area contributed by atoms with Gasteiger partial charge in [0.1, 0.15) is 11.3 Å². The largest absolute Gasteiger partial charge is 0.476 e. The molecule has 0 N–H and O–H groups in total. The Hall–Kier alpha value is -1.84.